The lowest BCUT2D eigenvalue weighted by Gasteiger charge is -2.17. The van der Waals surface area contributed by atoms with Crippen LogP contribution in [-0.4, -0.2) is 25.0 Å². The first-order valence-electron chi connectivity index (χ1n) is 3.36. The lowest BCUT2D eigenvalue weighted by Crippen LogP contribution is -2.26. The minimum absolute atomic E-state index is 0.0838. The molecule has 3 heteroatoms. The molecule has 0 aliphatic heterocycles. The fourth-order valence-electron chi connectivity index (χ4n) is 0.542. The van der Waals surface area contributed by atoms with E-state index in [-0.39, 0.29) is 11.7 Å². The van der Waals surface area contributed by atoms with E-state index in [4.69, 9.17) is 0 Å². The Bertz CT molecular complexity index is 231. The van der Waals surface area contributed by atoms with Crippen molar-refractivity contribution in [1.29, 1.82) is 0 Å². The van der Waals surface area contributed by atoms with Crippen LogP contribution in [0.25, 0.3) is 0 Å². The molecular weight excluding hydrogens is 154 g/mol. The molecule has 0 saturated heterocycles. The second kappa shape index (κ2) is 4.38. The van der Waals surface area contributed by atoms with Crippen molar-refractivity contribution in [2.45, 2.75) is 0 Å². The van der Waals surface area contributed by atoms with E-state index >= 15 is 0 Å². The third kappa shape index (κ3) is 2.27. The van der Waals surface area contributed by atoms with Gasteiger partial charge in [-0.1, -0.05) is 19.7 Å². The van der Waals surface area contributed by atoms with Crippen LogP contribution in [0, 0.1) is 0 Å². The third-order valence-electron chi connectivity index (χ3n) is 1.46. The van der Waals surface area contributed by atoms with E-state index in [1.807, 2.05) is 0 Å². The van der Waals surface area contributed by atoms with E-state index in [2.05, 4.69) is 24.5 Å². The molecule has 0 spiro atoms. The minimum Gasteiger partial charge on any atom is -0.492 e. The molecule has 12 heavy (non-hydrogen) atoms. The van der Waals surface area contributed by atoms with Crippen LogP contribution in [-0.2, 0) is 9.53 Å². The van der Waals surface area contributed by atoms with E-state index < -0.39 is 0 Å². The molecule has 0 radical (unpaired) electrons. The van der Waals surface area contributed by atoms with Gasteiger partial charge in [0.25, 0.3) is 5.91 Å². The van der Waals surface area contributed by atoms with E-state index in [0.717, 1.165) is 0 Å². The van der Waals surface area contributed by atoms with Crippen molar-refractivity contribution in [3.05, 3.63) is 37.3 Å². The fraction of sp³-hybridized carbons (Fsp3) is 0.222. The molecule has 0 aliphatic rings. The summed E-state index contributed by atoms with van der Waals surface area (Å²) in [6.07, 6.45) is 1.49. The van der Waals surface area contributed by atoms with Crippen LogP contribution >= 0.6 is 0 Å². The zero-order chi connectivity index (χ0) is 9.72. The molecule has 0 aromatic heterocycles. The van der Waals surface area contributed by atoms with Crippen LogP contribution in [0.2, 0.25) is 0 Å². The van der Waals surface area contributed by atoms with Crippen molar-refractivity contribution in [2.75, 3.05) is 14.2 Å². The zero-order valence-corrected chi connectivity index (χ0v) is 7.46. The molecule has 0 aliphatic carbocycles. The molecule has 0 fully saturated rings. The summed E-state index contributed by atoms with van der Waals surface area (Å²) in [5.41, 5.74) is 0.512. The molecule has 0 aromatic carbocycles. The summed E-state index contributed by atoms with van der Waals surface area (Å²) in [5.74, 6) is -0.233. The lowest BCUT2D eigenvalue weighted by molar-refractivity contribution is -0.127. The predicted octanol–water partition coefficient (Wildman–Crippen LogP) is 1.30. The minimum atomic E-state index is -0.317. The smallest absolute Gasteiger partial charge is 0.292 e. The Morgan fingerprint density at radius 2 is 2.00 bits per heavy atom. The van der Waals surface area contributed by atoms with Crippen molar-refractivity contribution in [2.24, 2.45) is 0 Å². The highest BCUT2D eigenvalue weighted by atomic mass is 16.5. The first-order chi connectivity index (χ1) is 5.54. The molecule has 1 amide bonds. The SMILES string of the molecule is C=CC(=C)N(C)C(=O)C(=C)OC. The summed E-state index contributed by atoms with van der Waals surface area (Å²) in [7, 11) is 2.97. The van der Waals surface area contributed by atoms with Crippen molar-refractivity contribution < 1.29 is 9.53 Å². The Morgan fingerprint density at radius 3 is 2.33 bits per heavy atom. The van der Waals surface area contributed by atoms with Crippen LogP contribution in [0.15, 0.2) is 37.3 Å². The number of amides is 1. The van der Waals surface area contributed by atoms with Gasteiger partial charge >= 0.3 is 0 Å². The first-order valence-corrected chi connectivity index (χ1v) is 3.36. The van der Waals surface area contributed by atoms with Crippen LogP contribution < -0.4 is 0 Å². The summed E-state index contributed by atoms with van der Waals surface area (Å²) in [6, 6.07) is 0. The maximum absolute atomic E-state index is 11.3. The number of likely N-dealkylation sites (N-methyl/N-ethyl adjacent to an activating group) is 1. The maximum Gasteiger partial charge on any atom is 0.292 e. The Labute approximate surface area is 72.6 Å². The Morgan fingerprint density at radius 1 is 1.50 bits per heavy atom. The van der Waals surface area contributed by atoms with Gasteiger partial charge in [-0.3, -0.25) is 4.79 Å². The highest BCUT2D eigenvalue weighted by Crippen LogP contribution is 2.04. The van der Waals surface area contributed by atoms with Gasteiger partial charge in [-0.05, 0) is 6.08 Å². The second-order valence-electron chi connectivity index (χ2n) is 2.19. The number of allylic oxidation sites excluding steroid dienone is 1. The molecule has 0 N–H and O–H groups in total. The van der Waals surface area contributed by atoms with Gasteiger partial charge in [0.1, 0.15) is 0 Å². The lowest BCUT2D eigenvalue weighted by atomic mass is 10.4. The standard InChI is InChI=1S/C9H13NO2/c1-6-7(2)10(4)9(11)8(3)12-5/h6H,1-3H2,4-5H3. The Balaban J connectivity index is 4.39. The van der Waals surface area contributed by atoms with Gasteiger partial charge in [-0.25, -0.2) is 0 Å². The topological polar surface area (TPSA) is 29.5 Å². The van der Waals surface area contributed by atoms with E-state index in [1.165, 1.54) is 18.1 Å². The number of methoxy groups -OCH3 is 1. The van der Waals surface area contributed by atoms with Crippen molar-refractivity contribution in [1.82, 2.24) is 4.90 Å². The van der Waals surface area contributed by atoms with Gasteiger partial charge in [-0.15, -0.1) is 0 Å². The summed E-state index contributed by atoms with van der Waals surface area (Å²) in [5, 5.41) is 0. The predicted molar refractivity (Wildman–Crippen MR) is 48.3 cm³/mol. The normalized spacial score (nSPS) is 8.50. The zero-order valence-electron chi connectivity index (χ0n) is 7.46. The fourth-order valence-corrected chi connectivity index (χ4v) is 0.542. The monoisotopic (exact) mass is 167 g/mol. The van der Waals surface area contributed by atoms with E-state index in [0.29, 0.717) is 5.70 Å². The van der Waals surface area contributed by atoms with Gasteiger partial charge in [0.15, 0.2) is 5.76 Å². The highest BCUT2D eigenvalue weighted by molar-refractivity contribution is 5.92. The molecular formula is C9H13NO2. The van der Waals surface area contributed by atoms with Gasteiger partial charge in [0, 0.05) is 12.7 Å². The second-order valence-corrected chi connectivity index (χ2v) is 2.19. The molecule has 0 atom stereocenters. The third-order valence-corrected chi connectivity index (χ3v) is 1.46. The number of hydrogen-bond acceptors (Lipinski definition) is 2. The maximum atomic E-state index is 11.3. The van der Waals surface area contributed by atoms with Gasteiger partial charge in [0.05, 0.1) is 7.11 Å². The van der Waals surface area contributed by atoms with Crippen LogP contribution in [0.4, 0.5) is 0 Å². The molecule has 0 bridgehead atoms. The van der Waals surface area contributed by atoms with Crippen molar-refractivity contribution in [3.8, 4) is 0 Å². The molecule has 0 heterocycles. The number of nitrogens with zero attached hydrogens (tertiary/aromatic N) is 1. The Hall–Kier alpha value is -1.51. The number of carbonyl (C=O) groups excluding carboxylic acids is 1. The van der Waals surface area contributed by atoms with Crippen LogP contribution in [0.3, 0.4) is 0 Å². The average molecular weight is 167 g/mol. The Kier molecular flexibility index (Phi) is 3.83. The number of rotatable bonds is 4. The average Bonchev–Trinajstić information content (AvgIpc) is 2.12. The summed E-state index contributed by atoms with van der Waals surface area (Å²) < 4.78 is 4.67. The molecule has 3 nitrogen and oxygen atoms in total. The quantitative estimate of drug-likeness (QED) is 0.359. The van der Waals surface area contributed by atoms with Crippen molar-refractivity contribution >= 4 is 5.91 Å². The number of ether oxygens (including phenoxy) is 1. The number of carbonyl (C=O) groups is 1. The van der Waals surface area contributed by atoms with E-state index in [1.54, 1.807) is 7.05 Å². The van der Waals surface area contributed by atoms with Gasteiger partial charge in [-0.2, -0.15) is 0 Å². The summed E-state index contributed by atoms with van der Waals surface area (Å²) >= 11 is 0. The molecule has 66 valence electrons. The largest absolute Gasteiger partial charge is 0.492 e. The summed E-state index contributed by atoms with van der Waals surface area (Å²) in [4.78, 5) is 12.6. The van der Waals surface area contributed by atoms with Crippen LogP contribution in [0.1, 0.15) is 0 Å². The molecule has 0 unspecified atom stereocenters. The molecule has 0 aromatic rings. The first kappa shape index (κ1) is 10.5. The van der Waals surface area contributed by atoms with Gasteiger partial charge < -0.3 is 9.64 Å². The molecule has 0 saturated carbocycles. The number of hydrogen-bond donors (Lipinski definition) is 0. The van der Waals surface area contributed by atoms with Crippen LogP contribution in [0.5, 0.6) is 0 Å². The molecule has 0 rings (SSSR count). The van der Waals surface area contributed by atoms with Gasteiger partial charge in [0.2, 0.25) is 0 Å². The van der Waals surface area contributed by atoms with Crippen molar-refractivity contribution in [3.63, 3.8) is 0 Å². The van der Waals surface area contributed by atoms with E-state index in [9.17, 15) is 4.79 Å². The highest BCUT2D eigenvalue weighted by Gasteiger charge is 2.13. The summed E-state index contributed by atoms with van der Waals surface area (Å²) in [6.45, 7) is 10.5.